The Bertz CT molecular complexity index is 599. The zero-order chi connectivity index (χ0) is 13.8. The van der Waals surface area contributed by atoms with Crippen LogP contribution in [0.3, 0.4) is 0 Å². The third-order valence-corrected chi connectivity index (χ3v) is 2.78. The van der Waals surface area contributed by atoms with E-state index in [9.17, 15) is 8.78 Å². The monoisotopic (exact) mass is 279 g/mol. The second-order valence-electron chi connectivity index (χ2n) is 3.90. The molecule has 98 valence electrons. The SMILES string of the molecule is NC(=S)c1ccc(COc2cccc(F)c2F)cc1. The van der Waals surface area contributed by atoms with Gasteiger partial charge in [0, 0.05) is 5.56 Å². The third kappa shape index (κ3) is 3.26. The van der Waals surface area contributed by atoms with E-state index in [1.807, 2.05) is 0 Å². The number of rotatable bonds is 4. The number of halogens is 2. The normalized spacial score (nSPS) is 10.2. The van der Waals surface area contributed by atoms with E-state index in [4.69, 9.17) is 22.7 Å². The van der Waals surface area contributed by atoms with Crippen molar-refractivity contribution in [2.75, 3.05) is 0 Å². The fourth-order valence-corrected chi connectivity index (χ4v) is 1.66. The Labute approximate surface area is 114 Å². The molecule has 0 saturated carbocycles. The summed E-state index contributed by atoms with van der Waals surface area (Å²) in [7, 11) is 0. The lowest BCUT2D eigenvalue weighted by atomic mass is 10.1. The summed E-state index contributed by atoms with van der Waals surface area (Å²) < 4.78 is 31.5. The average Bonchev–Trinajstić information content (AvgIpc) is 2.41. The van der Waals surface area contributed by atoms with E-state index in [2.05, 4.69) is 0 Å². The number of nitrogens with two attached hydrogens (primary N) is 1. The Morgan fingerprint density at radius 2 is 1.79 bits per heavy atom. The maximum absolute atomic E-state index is 13.3. The molecule has 2 nitrogen and oxygen atoms in total. The van der Waals surface area contributed by atoms with Crippen molar-refractivity contribution in [1.29, 1.82) is 0 Å². The molecule has 2 rings (SSSR count). The Morgan fingerprint density at radius 1 is 1.11 bits per heavy atom. The second kappa shape index (κ2) is 5.75. The van der Waals surface area contributed by atoms with Crippen LogP contribution in [0.1, 0.15) is 11.1 Å². The zero-order valence-corrected chi connectivity index (χ0v) is 10.7. The number of hydrogen-bond donors (Lipinski definition) is 1. The van der Waals surface area contributed by atoms with Gasteiger partial charge in [-0.15, -0.1) is 0 Å². The van der Waals surface area contributed by atoms with Gasteiger partial charge in [-0.1, -0.05) is 42.5 Å². The molecule has 0 saturated heterocycles. The smallest absolute Gasteiger partial charge is 0.200 e. The van der Waals surface area contributed by atoms with Crippen molar-refractivity contribution in [3.8, 4) is 5.75 Å². The Kier molecular flexibility index (Phi) is 4.06. The molecule has 2 aromatic rings. The van der Waals surface area contributed by atoms with Gasteiger partial charge in [0.2, 0.25) is 5.82 Å². The van der Waals surface area contributed by atoms with Crippen LogP contribution < -0.4 is 10.5 Å². The predicted molar refractivity (Wildman–Crippen MR) is 73.0 cm³/mol. The van der Waals surface area contributed by atoms with E-state index < -0.39 is 11.6 Å². The van der Waals surface area contributed by atoms with Gasteiger partial charge in [0.1, 0.15) is 11.6 Å². The van der Waals surface area contributed by atoms with Crippen molar-refractivity contribution in [2.24, 2.45) is 5.73 Å². The molecule has 19 heavy (non-hydrogen) atoms. The van der Waals surface area contributed by atoms with Gasteiger partial charge in [0.05, 0.1) is 0 Å². The van der Waals surface area contributed by atoms with Crippen molar-refractivity contribution in [2.45, 2.75) is 6.61 Å². The highest BCUT2D eigenvalue weighted by Crippen LogP contribution is 2.20. The molecule has 0 bridgehead atoms. The second-order valence-corrected chi connectivity index (χ2v) is 4.34. The topological polar surface area (TPSA) is 35.2 Å². The quantitative estimate of drug-likeness (QED) is 0.873. The van der Waals surface area contributed by atoms with Crippen LogP contribution in [0.2, 0.25) is 0 Å². The summed E-state index contributed by atoms with van der Waals surface area (Å²) in [6, 6.07) is 10.9. The summed E-state index contributed by atoms with van der Waals surface area (Å²) in [4.78, 5) is 0.309. The van der Waals surface area contributed by atoms with Gasteiger partial charge in [-0.25, -0.2) is 4.39 Å². The molecule has 5 heteroatoms. The van der Waals surface area contributed by atoms with E-state index in [-0.39, 0.29) is 12.4 Å². The fourth-order valence-electron chi connectivity index (χ4n) is 1.52. The summed E-state index contributed by atoms with van der Waals surface area (Å²) in [5.41, 5.74) is 7.03. The van der Waals surface area contributed by atoms with Crippen molar-refractivity contribution < 1.29 is 13.5 Å². The number of ether oxygens (including phenoxy) is 1. The summed E-state index contributed by atoms with van der Waals surface area (Å²) in [5.74, 6) is -2.03. The van der Waals surface area contributed by atoms with E-state index in [1.165, 1.54) is 12.1 Å². The molecule has 2 aromatic carbocycles. The molecule has 0 aliphatic rings. The van der Waals surface area contributed by atoms with E-state index in [1.54, 1.807) is 24.3 Å². The van der Waals surface area contributed by atoms with Crippen molar-refractivity contribution in [1.82, 2.24) is 0 Å². The summed E-state index contributed by atoms with van der Waals surface area (Å²) in [6.07, 6.45) is 0. The summed E-state index contributed by atoms with van der Waals surface area (Å²) >= 11 is 4.83. The molecule has 0 spiro atoms. The summed E-state index contributed by atoms with van der Waals surface area (Å²) in [6.45, 7) is 0.137. The predicted octanol–water partition coefficient (Wildman–Crippen LogP) is 3.18. The maximum Gasteiger partial charge on any atom is 0.200 e. The number of hydrogen-bond acceptors (Lipinski definition) is 2. The molecule has 0 heterocycles. The zero-order valence-electron chi connectivity index (χ0n) is 9.90. The lowest BCUT2D eigenvalue weighted by Crippen LogP contribution is -2.09. The highest BCUT2D eigenvalue weighted by atomic mass is 32.1. The Balaban J connectivity index is 2.06. The van der Waals surface area contributed by atoms with Crippen LogP contribution in [0.5, 0.6) is 5.75 Å². The first kappa shape index (κ1) is 13.4. The molecule has 0 aliphatic heterocycles. The lowest BCUT2D eigenvalue weighted by molar-refractivity contribution is 0.284. The Morgan fingerprint density at radius 3 is 2.42 bits per heavy atom. The first-order valence-corrected chi connectivity index (χ1v) is 5.94. The molecule has 0 aliphatic carbocycles. The van der Waals surface area contributed by atoms with Crippen molar-refractivity contribution >= 4 is 17.2 Å². The van der Waals surface area contributed by atoms with E-state index >= 15 is 0 Å². The van der Waals surface area contributed by atoms with Gasteiger partial charge in [-0.3, -0.25) is 0 Å². The summed E-state index contributed by atoms with van der Waals surface area (Å²) in [5, 5.41) is 0. The molecule has 0 atom stereocenters. The molecule has 0 amide bonds. The minimum absolute atomic E-state index is 0.113. The van der Waals surface area contributed by atoms with Crippen LogP contribution in [0, 0.1) is 11.6 Å². The molecule has 0 aromatic heterocycles. The highest BCUT2D eigenvalue weighted by Gasteiger charge is 2.08. The first-order chi connectivity index (χ1) is 9.08. The molecular weight excluding hydrogens is 268 g/mol. The third-order valence-electron chi connectivity index (χ3n) is 2.55. The van der Waals surface area contributed by atoms with Crippen LogP contribution >= 0.6 is 12.2 Å². The van der Waals surface area contributed by atoms with Gasteiger partial charge in [-0.05, 0) is 17.7 Å². The van der Waals surface area contributed by atoms with Gasteiger partial charge >= 0.3 is 0 Å². The molecule has 2 N–H and O–H groups in total. The highest BCUT2D eigenvalue weighted by molar-refractivity contribution is 7.80. The van der Waals surface area contributed by atoms with Crippen LogP contribution in [-0.2, 0) is 6.61 Å². The van der Waals surface area contributed by atoms with Crippen LogP contribution in [-0.4, -0.2) is 4.99 Å². The van der Waals surface area contributed by atoms with Gasteiger partial charge in [0.25, 0.3) is 0 Å². The van der Waals surface area contributed by atoms with Crippen LogP contribution in [0.15, 0.2) is 42.5 Å². The van der Waals surface area contributed by atoms with Crippen LogP contribution in [0.4, 0.5) is 8.78 Å². The first-order valence-electron chi connectivity index (χ1n) is 5.53. The average molecular weight is 279 g/mol. The molecule has 0 fully saturated rings. The standard InChI is InChI=1S/C14H11F2NOS/c15-11-2-1-3-12(13(11)16)18-8-9-4-6-10(7-5-9)14(17)19/h1-7H,8H2,(H2,17,19). The van der Waals surface area contributed by atoms with Gasteiger partial charge in [0.15, 0.2) is 11.6 Å². The van der Waals surface area contributed by atoms with Crippen molar-refractivity contribution in [3.05, 3.63) is 65.2 Å². The van der Waals surface area contributed by atoms with Gasteiger partial charge in [-0.2, -0.15) is 4.39 Å². The minimum atomic E-state index is -0.984. The fraction of sp³-hybridized carbons (Fsp3) is 0.0714. The number of benzene rings is 2. The largest absolute Gasteiger partial charge is 0.486 e. The van der Waals surface area contributed by atoms with E-state index in [0.717, 1.165) is 17.2 Å². The molecular formula is C14H11F2NOS. The maximum atomic E-state index is 13.3. The van der Waals surface area contributed by atoms with Gasteiger partial charge < -0.3 is 10.5 Å². The molecule has 0 unspecified atom stereocenters. The Hall–Kier alpha value is -2.01. The lowest BCUT2D eigenvalue weighted by Gasteiger charge is -2.08. The minimum Gasteiger partial charge on any atom is -0.486 e. The van der Waals surface area contributed by atoms with Crippen LogP contribution in [0.25, 0.3) is 0 Å². The van der Waals surface area contributed by atoms with Crippen molar-refractivity contribution in [3.63, 3.8) is 0 Å². The molecule has 0 radical (unpaired) electrons. The van der Waals surface area contributed by atoms with E-state index in [0.29, 0.717) is 4.99 Å². The number of thiocarbonyl (C=S) groups is 1.